The maximum absolute atomic E-state index is 13.4. The van der Waals surface area contributed by atoms with Gasteiger partial charge in [0.05, 0.1) is 6.42 Å². The topological polar surface area (TPSA) is 26.3 Å². The van der Waals surface area contributed by atoms with E-state index in [-0.39, 0.29) is 0 Å². The van der Waals surface area contributed by atoms with E-state index in [9.17, 15) is 66.3 Å². The van der Waals surface area contributed by atoms with E-state index in [0.717, 1.165) is 6.92 Å². The van der Waals surface area contributed by atoms with Crippen LogP contribution in [0, 0.1) is 0 Å². The van der Waals surface area contributed by atoms with E-state index < -0.39 is 73.0 Å². The molecule has 1 unspecified atom stereocenters. The van der Waals surface area contributed by atoms with E-state index in [1.54, 1.807) is 0 Å². The molecular weight excluding hydrogens is 466 g/mol. The van der Waals surface area contributed by atoms with Crippen LogP contribution in [0.1, 0.15) is 26.2 Å². The molecule has 0 saturated carbocycles. The van der Waals surface area contributed by atoms with E-state index in [4.69, 9.17) is 0 Å². The summed E-state index contributed by atoms with van der Waals surface area (Å²) in [7, 11) is 0. The summed E-state index contributed by atoms with van der Waals surface area (Å²) >= 11 is 0. The molecule has 0 aliphatic carbocycles. The summed E-state index contributed by atoms with van der Waals surface area (Å²) < 4.78 is 184. The minimum absolute atomic E-state index is 0.555. The zero-order valence-electron chi connectivity index (χ0n) is 14.5. The fraction of sp³-hybridized carbons (Fsp3) is 0.786. The second-order valence-corrected chi connectivity index (χ2v) is 6.06. The molecule has 178 valence electrons. The van der Waals surface area contributed by atoms with Crippen LogP contribution in [0.3, 0.4) is 0 Å². The van der Waals surface area contributed by atoms with Crippen molar-refractivity contribution in [3.63, 3.8) is 0 Å². The van der Waals surface area contributed by atoms with Gasteiger partial charge in [-0.15, -0.1) is 0 Å². The molecule has 0 radical (unpaired) electrons. The third kappa shape index (κ3) is 5.68. The fourth-order valence-electron chi connectivity index (χ4n) is 1.67. The highest BCUT2D eigenvalue weighted by Crippen LogP contribution is 2.55. The number of carbonyl (C=O) groups excluding carboxylic acids is 1. The first-order valence-corrected chi connectivity index (χ1v) is 7.39. The van der Waals surface area contributed by atoms with Gasteiger partial charge in [0.15, 0.2) is 0 Å². The molecule has 1 atom stereocenters. The number of esters is 1. The number of hydrogen-bond acceptors (Lipinski definition) is 2. The highest BCUT2D eigenvalue weighted by Gasteiger charge is 2.81. The Hall–Kier alpha value is -1.77. The summed E-state index contributed by atoms with van der Waals surface area (Å²) in [6, 6.07) is 0. The average molecular weight is 478 g/mol. The second kappa shape index (κ2) is 8.40. The van der Waals surface area contributed by atoms with Gasteiger partial charge in [-0.05, 0) is 6.92 Å². The zero-order chi connectivity index (χ0) is 24.6. The van der Waals surface area contributed by atoms with Crippen molar-refractivity contribution >= 4 is 5.97 Å². The Kier molecular flexibility index (Phi) is 7.90. The summed E-state index contributed by atoms with van der Waals surface area (Å²) in [6.07, 6.45) is -19.6. The number of hydrogen-bond donors (Lipinski definition) is 0. The Morgan fingerprint density at radius 2 is 1.17 bits per heavy atom. The van der Waals surface area contributed by atoms with Crippen LogP contribution in [0.15, 0.2) is 12.2 Å². The van der Waals surface area contributed by atoms with Gasteiger partial charge in [-0.1, -0.05) is 6.58 Å². The number of rotatable bonds is 10. The molecule has 0 aromatic heterocycles. The number of halogens is 14. The quantitative estimate of drug-likeness (QED) is 0.209. The largest absolute Gasteiger partial charge is 0.460 e. The first-order valence-electron chi connectivity index (χ1n) is 7.39. The van der Waals surface area contributed by atoms with Crippen molar-refractivity contribution < 1.29 is 71.0 Å². The predicted molar refractivity (Wildman–Crippen MR) is 70.4 cm³/mol. The average Bonchev–Trinajstić information content (AvgIpc) is 2.50. The lowest BCUT2D eigenvalue weighted by molar-refractivity contribution is -0.398. The van der Waals surface area contributed by atoms with Gasteiger partial charge in [-0.25, -0.2) is 9.18 Å². The fourth-order valence-corrected chi connectivity index (χ4v) is 1.67. The van der Waals surface area contributed by atoms with Gasteiger partial charge < -0.3 is 4.74 Å². The molecule has 0 aliphatic heterocycles. The van der Waals surface area contributed by atoms with E-state index in [0.29, 0.717) is 0 Å². The summed E-state index contributed by atoms with van der Waals surface area (Å²) in [5.41, 5.74) is -0.555. The van der Waals surface area contributed by atoms with Gasteiger partial charge in [-0.2, -0.15) is 57.1 Å². The van der Waals surface area contributed by atoms with E-state index in [1.807, 2.05) is 0 Å². The van der Waals surface area contributed by atoms with Gasteiger partial charge in [0.2, 0.25) is 6.36 Å². The highest BCUT2D eigenvalue weighted by molar-refractivity contribution is 5.86. The van der Waals surface area contributed by atoms with E-state index >= 15 is 0 Å². The van der Waals surface area contributed by atoms with Crippen molar-refractivity contribution in [2.75, 3.05) is 0 Å². The van der Waals surface area contributed by atoms with E-state index in [1.165, 1.54) is 0 Å². The number of alkyl halides is 14. The Bertz CT molecular complexity index is 637. The summed E-state index contributed by atoms with van der Waals surface area (Å²) in [6.45, 7) is 3.80. The Labute approximate surface area is 158 Å². The van der Waals surface area contributed by atoms with E-state index in [2.05, 4.69) is 11.3 Å². The molecule has 0 amide bonds. The van der Waals surface area contributed by atoms with Crippen LogP contribution in [-0.2, 0) is 9.53 Å². The van der Waals surface area contributed by atoms with Crippen LogP contribution in [0.5, 0.6) is 0 Å². The Morgan fingerprint density at radius 1 is 0.767 bits per heavy atom. The van der Waals surface area contributed by atoms with Crippen molar-refractivity contribution in [3.05, 3.63) is 12.2 Å². The summed E-state index contributed by atoms with van der Waals surface area (Å²) in [5, 5.41) is 0. The monoisotopic (exact) mass is 478 g/mol. The molecule has 16 heteroatoms. The first-order chi connectivity index (χ1) is 12.9. The first kappa shape index (κ1) is 28.2. The van der Waals surface area contributed by atoms with Gasteiger partial charge in [0.1, 0.15) is 0 Å². The van der Waals surface area contributed by atoms with Crippen molar-refractivity contribution in [2.24, 2.45) is 0 Å². The van der Waals surface area contributed by atoms with Crippen LogP contribution in [-0.4, -0.2) is 48.1 Å². The van der Waals surface area contributed by atoms with Crippen molar-refractivity contribution in [3.8, 4) is 0 Å². The van der Waals surface area contributed by atoms with Gasteiger partial charge in [0.25, 0.3) is 0 Å². The summed E-state index contributed by atoms with van der Waals surface area (Å²) in [5.74, 6) is -34.3. The standard InChI is InChI=1S/C14H12F14O2/c1-6(2)8(29)30-7(15)5-11(20,21)9(16,17)3-4-10(18,19)12(22,23)13(24,25)14(26,27)28/h7H,1,3-5H2,2H3. The molecule has 0 N–H and O–H groups in total. The minimum Gasteiger partial charge on any atom is -0.428 e. The molecule has 0 saturated heterocycles. The van der Waals surface area contributed by atoms with Crippen LogP contribution >= 0.6 is 0 Å². The van der Waals surface area contributed by atoms with Gasteiger partial charge in [-0.3, -0.25) is 0 Å². The predicted octanol–water partition coefficient (Wildman–Crippen LogP) is 6.31. The molecule has 0 aliphatic rings. The van der Waals surface area contributed by atoms with Crippen LogP contribution in [0.4, 0.5) is 61.5 Å². The number of carbonyl (C=O) groups is 1. The Balaban J connectivity index is 5.44. The lowest BCUT2D eigenvalue weighted by atomic mass is 9.95. The molecule has 0 heterocycles. The molecule has 0 bridgehead atoms. The molecule has 2 nitrogen and oxygen atoms in total. The molecule has 0 aromatic rings. The molecule has 0 aromatic carbocycles. The van der Waals surface area contributed by atoms with Crippen molar-refractivity contribution in [2.45, 2.75) is 68.3 Å². The highest BCUT2D eigenvalue weighted by atomic mass is 19.4. The smallest absolute Gasteiger partial charge is 0.428 e. The van der Waals surface area contributed by atoms with Crippen molar-refractivity contribution in [1.29, 1.82) is 0 Å². The molecule has 0 spiro atoms. The van der Waals surface area contributed by atoms with Crippen LogP contribution in [0.2, 0.25) is 0 Å². The number of ether oxygens (including phenoxy) is 1. The zero-order valence-corrected chi connectivity index (χ0v) is 14.5. The van der Waals surface area contributed by atoms with Gasteiger partial charge >= 0.3 is 41.8 Å². The van der Waals surface area contributed by atoms with Crippen molar-refractivity contribution in [1.82, 2.24) is 0 Å². The molecule has 0 fully saturated rings. The third-order valence-electron chi connectivity index (χ3n) is 3.50. The minimum atomic E-state index is -7.39. The maximum atomic E-state index is 13.4. The maximum Gasteiger partial charge on any atom is 0.460 e. The summed E-state index contributed by atoms with van der Waals surface area (Å²) in [4.78, 5) is 10.9. The molecule has 0 rings (SSSR count). The normalized spacial score (nSPS) is 15.7. The third-order valence-corrected chi connectivity index (χ3v) is 3.50. The van der Waals surface area contributed by atoms with Crippen LogP contribution in [0.25, 0.3) is 0 Å². The lowest BCUT2D eigenvalue weighted by Crippen LogP contribution is -2.61. The molecule has 30 heavy (non-hydrogen) atoms. The van der Waals surface area contributed by atoms with Gasteiger partial charge in [0, 0.05) is 18.4 Å². The Morgan fingerprint density at radius 3 is 1.53 bits per heavy atom. The lowest BCUT2D eigenvalue weighted by Gasteiger charge is -2.35. The SMILES string of the molecule is C=C(C)C(=O)OC(F)CC(F)(F)C(F)(F)CCC(F)(F)C(F)(F)C(F)(F)C(F)(F)F. The second-order valence-electron chi connectivity index (χ2n) is 6.06. The van der Waals surface area contributed by atoms with Crippen LogP contribution < -0.4 is 0 Å². The molecular formula is C14H12F14O2.